The van der Waals surface area contributed by atoms with Crippen molar-refractivity contribution >= 4 is 17.5 Å². The van der Waals surface area contributed by atoms with Gasteiger partial charge in [-0.15, -0.1) is 5.10 Å². The normalized spacial score (nSPS) is 10.5. The Balaban J connectivity index is 1.72. The Hall–Kier alpha value is -2.67. The van der Waals surface area contributed by atoms with Gasteiger partial charge in [0.1, 0.15) is 5.75 Å². The molecule has 3 aromatic rings. The molecular weight excluding hydrogens is 312 g/mol. The minimum atomic E-state index is -0.00323. The fraction of sp³-hybridized carbons (Fsp3) is 0.125. The number of carbonyl (C=O) groups excluding carboxylic acids is 1. The first-order valence-corrected chi connectivity index (χ1v) is 7.90. The quantitative estimate of drug-likeness (QED) is 0.512. The lowest BCUT2D eigenvalue weighted by Crippen LogP contribution is -2.05. The summed E-state index contributed by atoms with van der Waals surface area (Å²) in [5.74, 6) is 0.909. The summed E-state index contributed by atoms with van der Waals surface area (Å²) in [7, 11) is 1.58. The van der Waals surface area contributed by atoms with Crippen molar-refractivity contribution in [2.75, 3.05) is 12.9 Å². The number of aromatic nitrogens is 4. The van der Waals surface area contributed by atoms with Crippen LogP contribution in [0.25, 0.3) is 5.69 Å². The smallest absolute Gasteiger partial charge is 0.214 e. The van der Waals surface area contributed by atoms with E-state index in [-0.39, 0.29) is 11.5 Å². The minimum absolute atomic E-state index is 0.00323. The summed E-state index contributed by atoms with van der Waals surface area (Å²) in [6, 6.07) is 16.7. The van der Waals surface area contributed by atoms with Crippen molar-refractivity contribution in [1.29, 1.82) is 0 Å². The number of rotatable bonds is 6. The van der Waals surface area contributed by atoms with Crippen molar-refractivity contribution in [2.45, 2.75) is 5.16 Å². The predicted octanol–water partition coefficient (Wildman–Crippen LogP) is 2.65. The van der Waals surface area contributed by atoms with Gasteiger partial charge in [0, 0.05) is 5.56 Å². The van der Waals surface area contributed by atoms with E-state index in [1.54, 1.807) is 36.1 Å². The van der Waals surface area contributed by atoms with Crippen LogP contribution < -0.4 is 4.74 Å². The molecule has 0 unspecified atom stereocenters. The standard InChI is InChI=1S/C16H14N4O2S/c1-22-14-9-5-6-12(10-14)15(21)11-23-16-17-18-19-20(16)13-7-3-2-4-8-13/h2-10H,11H2,1H3. The molecule has 0 saturated carbocycles. The predicted molar refractivity (Wildman–Crippen MR) is 87.2 cm³/mol. The van der Waals surface area contributed by atoms with Crippen LogP contribution in [-0.4, -0.2) is 38.9 Å². The Morgan fingerprint density at radius 2 is 2.00 bits per heavy atom. The van der Waals surface area contributed by atoms with Gasteiger partial charge in [0.25, 0.3) is 0 Å². The Bertz CT molecular complexity index is 805. The summed E-state index contributed by atoms with van der Waals surface area (Å²) in [5, 5.41) is 12.2. The SMILES string of the molecule is COc1cccc(C(=O)CSc2nnnn2-c2ccccc2)c1. The molecule has 0 N–H and O–H groups in total. The summed E-state index contributed by atoms with van der Waals surface area (Å²) in [6.07, 6.45) is 0. The molecule has 0 atom stereocenters. The number of tetrazole rings is 1. The van der Waals surface area contributed by atoms with E-state index in [0.29, 0.717) is 16.5 Å². The molecule has 0 fully saturated rings. The molecule has 1 heterocycles. The Kier molecular flexibility index (Phi) is 4.68. The molecule has 0 spiro atoms. The number of Topliss-reactive ketones (excluding diaryl/α,β-unsaturated/α-hetero) is 1. The van der Waals surface area contributed by atoms with Crippen molar-refractivity contribution < 1.29 is 9.53 Å². The lowest BCUT2D eigenvalue weighted by molar-refractivity contribution is 0.102. The van der Waals surface area contributed by atoms with Gasteiger partial charge in [-0.2, -0.15) is 4.68 Å². The van der Waals surface area contributed by atoms with E-state index < -0.39 is 0 Å². The number of nitrogens with zero attached hydrogens (tertiary/aromatic N) is 4. The second-order valence-electron chi connectivity index (χ2n) is 4.65. The van der Waals surface area contributed by atoms with Crippen LogP contribution in [0.2, 0.25) is 0 Å². The fourth-order valence-corrected chi connectivity index (χ4v) is 2.80. The summed E-state index contributed by atoms with van der Waals surface area (Å²) in [6.45, 7) is 0. The number of carbonyl (C=O) groups is 1. The first-order valence-electron chi connectivity index (χ1n) is 6.92. The Morgan fingerprint density at radius 1 is 1.17 bits per heavy atom. The number of para-hydroxylation sites is 1. The highest BCUT2D eigenvalue weighted by Crippen LogP contribution is 2.20. The summed E-state index contributed by atoms with van der Waals surface area (Å²) in [5.41, 5.74) is 1.46. The summed E-state index contributed by atoms with van der Waals surface area (Å²) >= 11 is 1.30. The first-order chi connectivity index (χ1) is 11.3. The zero-order valence-corrected chi connectivity index (χ0v) is 13.2. The molecule has 116 valence electrons. The van der Waals surface area contributed by atoms with Crippen LogP contribution in [0.3, 0.4) is 0 Å². The lowest BCUT2D eigenvalue weighted by Gasteiger charge is -2.05. The summed E-state index contributed by atoms with van der Waals surface area (Å²) < 4.78 is 6.75. The van der Waals surface area contributed by atoms with Gasteiger partial charge in [-0.3, -0.25) is 4.79 Å². The van der Waals surface area contributed by atoms with Crippen LogP contribution in [0, 0.1) is 0 Å². The second-order valence-corrected chi connectivity index (χ2v) is 5.60. The molecule has 2 aromatic carbocycles. The molecule has 0 radical (unpaired) electrons. The van der Waals surface area contributed by atoms with Gasteiger partial charge >= 0.3 is 0 Å². The molecule has 7 heteroatoms. The Morgan fingerprint density at radius 3 is 2.78 bits per heavy atom. The number of benzene rings is 2. The van der Waals surface area contributed by atoms with Gasteiger partial charge in [-0.05, 0) is 34.7 Å². The van der Waals surface area contributed by atoms with Gasteiger partial charge in [0.05, 0.1) is 18.6 Å². The van der Waals surface area contributed by atoms with Crippen LogP contribution in [0.5, 0.6) is 5.75 Å². The highest BCUT2D eigenvalue weighted by atomic mass is 32.2. The molecule has 0 aliphatic heterocycles. The van der Waals surface area contributed by atoms with Gasteiger partial charge in [0.15, 0.2) is 5.78 Å². The molecule has 23 heavy (non-hydrogen) atoms. The number of hydrogen-bond donors (Lipinski definition) is 0. The maximum atomic E-state index is 12.3. The van der Waals surface area contributed by atoms with E-state index in [9.17, 15) is 4.79 Å². The molecule has 0 aliphatic rings. The van der Waals surface area contributed by atoms with E-state index in [1.165, 1.54) is 11.8 Å². The lowest BCUT2D eigenvalue weighted by atomic mass is 10.1. The third-order valence-corrected chi connectivity index (χ3v) is 4.09. The first kappa shape index (κ1) is 15.2. The van der Waals surface area contributed by atoms with Gasteiger partial charge < -0.3 is 4.74 Å². The van der Waals surface area contributed by atoms with Crippen molar-refractivity contribution in [3.05, 3.63) is 60.2 Å². The van der Waals surface area contributed by atoms with Gasteiger partial charge in [-0.1, -0.05) is 42.1 Å². The van der Waals surface area contributed by atoms with Crippen LogP contribution in [0.15, 0.2) is 59.8 Å². The number of ketones is 1. The maximum absolute atomic E-state index is 12.3. The number of methoxy groups -OCH3 is 1. The maximum Gasteiger partial charge on any atom is 0.214 e. The van der Waals surface area contributed by atoms with Gasteiger partial charge in [0.2, 0.25) is 5.16 Å². The van der Waals surface area contributed by atoms with Crippen LogP contribution >= 0.6 is 11.8 Å². The van der Waals surface area contributed by atoms with Crippen LogP contribution in [-0.2, 0) is 0 Å². The number of thioether (sulfide) groups is 1. The van der Waals surface area contributed by atoms with Crippen molar-refractivity contribution in [3.63, 3.8) is 0 Å². The highest BCUT2D eigenvalue weighted by molar-refractivity contribution is 7.99. The number of hydrogen-bond acceptors (Lipinski definition) is 6. The fourth-order valence-electron chi connectivity index (χ4n) is 2.01. The van der Waals surface area contributed by atoms with Crippen LogP contribution in [0.1, 0.15) is 10.4 Å². The van der Waals surface area contributed by atoms with E-state index in [0.717, 1.165) is 5.69 Å². The van der Waals surface area contributed by atoms with Crippen molar-refractivity contribution in [1.82, 2.24) is 20.2 Å². The molecule has 1 aromatic heterocycles. The van der Waals surface area contributed by atoms with E-state index in [1.807, 2.05) is 30.3 Å². The summed E-state index contributed by atoms with van der Waals surface area (Å²) in [4.78, 5) is 12.3. The highest BCUT2D eigenvalue weighted by Gasteiger charge is 2.13. The zero-order chi connectivity index (χ0) is 16.1. The Labute approximate surface area is 137 Å². The third-order valence-electron chi connectivity index (χ3n) is 3.17. The number of ether oxygens (including phenoxy) is 1. The molecule has 3 rings (SSSR count). The zero-order valence-electron chi connectivity index (χ0n) is 12.4. The van der Waals surface area contributed by atoms with Gasteiger partial charge in [-0.25, -0.2) is 0 Å². The average molecular weight is 326 g/mol. The third kappa shape index (κ3) is 3.57. The van der Waals surface area contributed by atoms with E-state index in [4.69, 9.17) is 4.74 Å². The molecule has 6 nitrogen and oxygen atoms in total. The topological polar surface area (TPSA) is 69.9 Å². The van der Waals surface area contributed by atoms with E-state index >= 15 is 0 Å². The molecule has 0 saturated heterocycles. The second kappa shape index (κ2) is 7.06. The molecule has 0 bridgehead atoms. The molecule has 0 aliphatic carbocycles. The largest absolute Gasteiger partial charge is 0.497 e. The average Bonchev–Trinajstić information content (AvgIpc) is 3.09. The van der Waals surface area contributed by atoms with Crippen LogP contribution in [0.4, 0.5) is 0 Å². The monoisotopic (exact) mass is 326 g/mol. The van der Waals surface area contributed by atoms with Crippen molar-refractivity contribution in [2.24, 2.45) is 0 Å². The molecular formula is C16H14N4O2S. The van der Waals surface area contributed by atoms with E-state index in [2.05, 4.69) is 15.5 Å². The molecule has 0 amide bonds. The van der Waals surface area contributed by atoms with Crippen molar-refractivity contribution in [3.8, 4) is 11.4 Å². The minimum Gasteiger partial charge on any atom is -0.497 e.